The normalized spacial score (nSPS) is 12.8. The van der Waals surface area contributed by atoms with Gasteiger partial charge in [0.05, 0.1) is 6.61 Å². The second-order valence-corrected chi connectivity index (χ2v) is 10.2. The van der Waals surface area contributed by atoms with E-state index in [1.807, 2.05) is 6.08 Å². The maximum atomic E-state index is 10.7. The number of rotatable bonds is 24. The van der Waals surface area contributed by atoms with Gasteiger partial charge in [0.1, 0.15) is 0 Å². The van der Waals surface area contributed by atoms with E-state index in [2.05, 4.69) is 24.1 Å². The van der Waals surface area contributed by atoms with E-state index in [1.54, 1.807) is 0 Å². The molecule has 0 saturated carbocycles. The fraction of sp³-hybridized carbons (Fsp3) is 0.923. The van der Waals surface area contributed by atoms with Crippen LogP contribution in [0.25, 0.3) is 0 Å². The molecule has 0 amide bonds. The summed E-state index contributed by atoms with van der Waals surface area (Å²) in [6.45, 7) is 4.40. The Labute approximate surface area is 223 Å². The van der Waals surface area contributed by atoms with Crippen LogP contribution in [0.3, 0.4) is 0 Å². The molecule has 1 atom stereocenters. The van der Waals surface area contributed by atoms with Crippen molar-refractivity contribution in [1.82, 2.24) is 0 Å². The minimum atomic E-state index is -4.60. The van der Waals surface area contributed by atoms with Gasteiger partial charge in [-0.05, 0) is 12.8 Å². The summed E-state index contributed by atoms with van der Waals surface area (Å²) < 4.78 is 36.7. The van der Waals surface area contributed by atoms with Crippen molar-refractivity contribution < 1.29 is 46.7 Å². The van der Waals surface area contributed by atoms with Gasteiger partial charge in [0.25, 0.3) is 0 Å². The summed E-state index contributed by atoms with van der Waals surface area (Å²) in [4.78, 5) is 0. The van der Waals surface area contributed by atoms with Crippen molar-refractivity contribution in [2.45, 2.75) is 142 Å². The minimum absolute atomic E-state index is 0. The molecule has 0 aliphatic rings. The van der Waals surface area contributed by atoms with Crippen LogP contribution >= 0.6 is 0 Å². The Hall–Kier alpha value is 0.610. The topological polar surface area (TPSA) is 66.4 Å². The van der Waals surface area contributed by atoms with Crippen LogP contribution in [0.15, 0.2) is 12.2 Å². The zero-order valence-corrected chi connectivity index (χ0v) is 24.4. The molecular formula is C26H51NaO4S. The van der Waals surface area contributed by atoms with Gasteiger partial charge in [-0.3, -0.25) is 4.18 Å². The van der Waals surface area contributed by atoms with E-state index in [9.17, 15) is 13.0 Å². The monoisotopic (exact) mass is 482 g/mol. The van der Waals surface area contributed by atoms with Gasteiger partial charge in [-0.25, -0.2) is 8.42 Å². The molecule has 0 N–H and O–H groups in total. The van der Waals surface area contributed by atoms with Crippen LogP contribution in [0, 0.1) is 5.92 Å². The van der Waals surface area contributed by atoms with Crippen LogP contribution in [0.2, 0.25) is 0 Å². The molecule has 0 aliphatic heterocycles. The first-order valence-corrected chi connectivity index (χ1v) is 14.6. The van der Waals surface area contributed by atoms with Crippen molar-refractivity contribution in [2.24, 2.45) is 5.92 Å². The average Bonchev–Trinajstić information content (AvgIpc) is 2.73. The van der Waals surface area contributed by atoms with Crippen LogP contribution in [0.5, 0.6) is 0 Å². The molecule has 0 fully saturated rings. The van der Waals surface area contributed by atoms with Gasteiger partial charge in [0.2, 0.25) is 10.4 Å². The maximum absolute atomic E-state index is 10.7. The van der Waals surface area contributed by atoms with E-state index in [0.29, 0.717) is 0 Å². The van der Waals surface area contributed by atoms with E-state index < -0.39 is 10.4 Å². The second kappa shape index (κ2) is 26.2. The Kier molecular flexibility index (Phi) is 28.5. The SMILES string of the molecule is CCCC/C=C/C(CCCCCCCCCCCCCCCCCC)COS(=O)(=O)[O-].[Na+]. The first-order chi connectivity index (χ1) is 15.0. The van der Waals surface area contributed by atoms with Crippen molar-refractivity contribution in [3.63, 3.8) is 0 Å². The number of unbranched alkanes of at least 4 members (excludes halogenated alkanes) is 17. The van der Waals surface area contributed by atoms with Gasteiger partial charge in [-0.2, -0.15) is 0 Å². The van der Waals surface area contributed by atoms with E-state index in [-0.39, 0.29) is 42.1 Å². The molecule has 0 radical (unpaired) electrons. The smallest absolute Gasteiger partial charge is 0.726 e. The van der Waals surface area contributed by atoms with Gasteiger partial charge in [0, 0.05) is 5.92 Å². The van der Waals surface area contributed by atoms with Gasteiger partial charge in [0.15, 0.2) is 0 Å². The van der Waals surface area contributed by atoms with Gasteiger partial charge in [-0.1, -0.05) is 142 Å². The Morgan fingerprint density at radius 2 is 1.09 bits per heavy atom. The summed E-state index contributed by atoms with van der Waals surface area (Å²) in [5.41, 5.74) is 0. The van der Waals surface area contributed by atoms with Crippen LogP contribution < -0.4 is 29.6 Å². The summed E-state index contributed by atoms with van der Waals surface area (Å²) in [5, 5.41) is 0. The predicted octanol–water partition coefficient (Wildman–Crippen LogP) is 5.48. The third kappa shape index (κ3) is 28.6. The minimum Gasteiger partial charge on any atom is -0.726 e. The van der Waals surface area contributed by atoms with Crippen molar-refractivity contribution in [2.75, 3.05) is 6.61 Å². The molecule has 0 aliphatic carbocycles. The Morgan fingerprint density at radius 1 is 0.688 bits per heavy atom. The molecule has 0 aromatic heterocycles. The number of hydrogen-bond acceptors (Lipinski definition) is 4. The Morgan fingerprint density at radius 3 is 1.50 bits per heavy atom. The van der Waals surface area contributed by atoms with Crippen LogP contribution in [0.1, 0.15) is 142 Å². The molecule has 0 heterocycles. The van der Waals surface area contributed by atoms with Gasteiger partial charge >= 0.3 is 29.6 Å². The molecule has 32 heavy (non-hydrogen) atoms. The van der Waals surface area contributed by atoms with Gasteiger partial charge < -0.3 is 4.55 Å². The molecule has 0 aromatic rings. The van der Waals surface area contributed by atoms with Crippen molar-refractivity contribution >= 4 is 10.4 Å². The first kappa shape index (κ1) is 34.8. The Bertz CT molecular complexity index is 494. The van der Waals surface area contributed by atoms with Crippen molar-refractivity contribution in [3.8, 4) is 0 Å². The molecule has 0 rings (SSSR count). The molecule has 1 unspecified atom stereocenters. The third-order valence-electron chi connectivity index (χ3n) is 5.99. The zero-order chi connectivity index (χ0) is 23.0. The summed E-state index contributed by atoms with van der Waals surface area (Å²) in [5.74, 6) is 0.0206. The summed E-state index contributed by atoms with van der Waals surface area (Å²) in [7, 11) is -4.60. The fourth-order valence-corrected chi connectivity index (χ4v) is 4.31. The molecule has 0 bridgehead atoms. The maximum Gasteiger partial charge on any atom is 1.00 e. The molecule has 0 spiro atoms. The quantitative estimate of drug-likeness (QED) is 0.0600. The fourth-order valence-electron chi connectivity index (χ4n) is 3.97. The first-order valence-electron chi connectivity index (χ1n) is 13.3. The molecule has 186 valence electrons. The largest absolute Gasteiger partial charge is 1.00 e. The summed E-state index contributed by atoms with van der Waals surface area (Å²) >= 11 is 0. The van der Waals surface area contributed by atoms with Gasteiger partial charge in [-0.15, -0.1) is 0 Å². The second-order valence-electron chi connectivity index (χ2n) is 9.12. The third-order valence-corrected chi connectivity index (χ3v) is 6.41. The molecule has 0 saturated heterocycles. The number of allylic oxidation sites excluding steroid dienone is 1. The van der Waals surface area contributed by atoms with E-state index >= 15 is 0 Å². The molecule has 6 heteroatoms. The molecular weight excluding hydrogens is 431 g/mol. The Balaban J connectivity index is 0. The van der Waals surface area contributed by atoms with E-state index in [1.165, 1.54) is 96.3 Å². The molecule has 4 nitrogen and oxygen atoms in total. The predicted molar refractivity (Wildman–Crippen MR) is 132 cm³/mol. The zero-order valence-electron chi connectivity index (χ0n) is 21.6. The van der Waals surface area contributed by atoms with Crippen molar-refractivity contribution in [3.05, 3.63) is 12.2 Å². The summed E-state index contributed by atoms with van der Waals surface area (Å²) in [6.07, 6.45) is 29.7. The van der Waals surface area contributed by atoms with Crippen molar-refractivity contribution in [1.29, 1.82) is 0 Å². The van der Waals surface area contributed by atoms with Crippen LogP contribution in [-0.2, 0) is 14.6 Å². The number of hydrogen-bond donors (Lipinski definition) is 0. The summed E-state index contributed by atoms with van der Waals surface area (Å²) in [6, 6.07) is 0. The molecule has 0 aromatic carbocycles. The van der Waals surface area contributed by atoms with Crippen LogP contribution in [-0.4, -0.2) is 19.6 Å². The van der Waals surface area contributed by atoms with E-state index in [4.69, 9.17) is 0 Å². The average molecular weight is 483 g/mol. The van der Waals surface area contributed by atoms with Crippen LogP contribution in [0.4, 0.5) is 0 Å². The standard InChI is InChI=1S/C26H52O4S.Na/c1-3-5-7-9-10-11-12-13-14-15-16-17-18-19-20-22-24-26(23-21-8-6-4-2)25-30-31(27,28)29;/h21,23,26H,3-20,22,24-25H2,1-2H3,(H,27,28,29);/q;+1/p-1/b23-21+;. The van der Waals surface area contributed by atoms with E-state index in [0.717, 1.165) is 32.1 Å².